The third-order valence-electron chi connectivity index (χ3n) is 3.03. The zero-order valence-corrected chi connectivity index (χ0v) is 9.41. The van der Waals surface area contributed by atoms with Crippen LogP contribution in [0.3, 0.4) is 0 Å². The van der Waals surface area contributed by atoms with E-state index in [1.807, 2.05) is 0 Å². The Balaban J connectivity index is 2.47. The summed E-state index contributed by atoms with van der Waals surface area (Å²) in [5.41, 5.74) is -0.978. The lowest BCUT2D eigenvalue weighted by molar-refractivity contribution is -0.143. The molecule has 0 aliphatic carbocycles. The van der Waals surface area contributed by atoms with E-state index < -0.39 is 11.6 Å². The average molecular weight is 215 g/mol. The number of aliphatic hydroxyl groups is 1. The van der Waals surface area contributed by atoms with Crippen LogP contribution in [0.5, 0.6) is 0 Å². The standard InChI is InChI=1S/C11H21NO3/c1-2-6-12-7-3-4-11(15,5-8-12)9-10(13)14/h15H,2-9H2,1H3,(H,13,14). The third kappa shape index (κ3) is 4.18. The summed E-state index contributed by atoms with van der Waals surface area (Å²) in [4.78, 5) is 12.9. The third-order valence-corrected chi connectivity index (χ3v) is 3.03. The molecule has 4 nitrogen and oxygen atoms in total. The molecule has 0 saturated carbocycles. The van der Waals surface area contributed by atoms with Gasteiger partial charge in [-0.2, -0.15) is 0 Å². The molecule has 1 fully saturated rings. The maximum absolute atomic E-state index is 10.6. The number of carbonyl (C=O) groups is 1. The summed E-state index contributed by atoms with van der Waals surface area (Å²) in [6.45, 7) is 4.98. The molecule has 0 aromatic rings. The van der Waals surface area contributed by atoms with E-state index in [1.54, 1.807) is 0 Å². The normalized spacial score (nSPS) is 28.7. The first-order valence-corrected chi connectivity index (χ1v) is 5.72. The summed E-state index contributed by atoms with van der Waals surface area (Å²) < 4.78 is 0. The quantitative estimate of drug-likeness (QED) is 0.737. The van der Waals surface area contributed by atoms with Crippen LogP contribution < -0.4 is 0 Å². The topological polar surface area (TPSA) is 60.8 Å². The van der Waals surface area contributed by atoms with Gasteiger partial charge in [0, 0.05) is 6.54 Å². The minimum absolute atomic E-state index is 0.118. The minimum atomic E-state index is -0.978. The van der Waals surface area contributed by atoms with Crippen molar-refractivity contribution in [1.29, 1.82) is 0 Å². The highest BCUT2D eigenvalue weighted by atomic mass is 16.4. The molecule has 1 aliphatic heterocycles. The fraction of sp³-hybridized carbons (Fsp3) is 0.909. The monoisotopic (exact) mass is 215 g/mol. The second-order valence-electron chi connectivity index (χ2n) is 4.49. The van der Waals surface area contributed by atoms with E-state index in [1.165, 1.54) is 0 Å². The lowest BCUT2D eigenvalue weighted by Gasteiger charge is -2.24. The van der Waals surface area contributed by atoms with Crippen LogP contribution in [0.4, 0.5) is 0 Å². The van der Waals surface area contributed by atoms with Crippen LogP contribution >= 0.6 is 0 Å². The van der Waals surface area contributed by atoms with Gasteiger partial charge < -0.3 is 15.1 Å². The number of rotatable bonds is 4. The Morgan fingerprint density at radius 3 is 2.73 bits per heavy atom. The van der Waals surface area contributed by atoms with Crippen molar-refractivity contribution in [3.8, 4) is 0 Å². The van der Waals surface area contributed by atoms with E-state index in [0.717, 1.165) is 32.5 Å². The molecule has 1 unspecified atom stereocenters. The van der Waals surface area contributed by atoms with Crippen molar-refractivity contribution in [1.82, 2.24) is 4.90 Å². The van der Waals surface area contributed by atoms with Gasteiger partial charge in [0.25, 0.3) is 0 Å². The minimum Gasteiger partial charge on any atom is -0.481 e. The number of hydrogen-bond donors (Lipinski definition) is 2. The number of carboxylic acids is 1. The molecule has 1 saturated heterocycles. The van der Waals surface area contributed by atoms with Crippen molar-refractivity contribution < 1.29 is 15.0 Å². The van der Waals surface area contributed by atoms with E-state index in [2.05, 4.69) is 11.8 Å². The van der Waals surface area contributed by atoms with E-state index in [0.29, 0.717) is 12.8 Å². The number of nitrogens with zero attached hydrogens (tertiary/aromatic N) is 1. The van der Waals surface area contributed by atoms with Gasteiger partial charge in [-0.25, -0.2) is 0 Å². The van der Waals surface area contributed by atoms with Crippen LogP contribution in [-0.2, 0) is 4.79 Å². The lowest BCUT2D eigenvalue weighted by atomic mass is 9.91. The van der Waals surface area contributed by atoms with Crippen molar-refractivity contribution in [2.45, 2.75) is 44.6 Å². The number of aliphatic carboxylic acids is 1. The van der Waals surface area contributed by atoms with Crippen molar-refractivity contribution in [3.05, 3.63) is 0 Å². The van der Waals surface area contributed by atoms with E-state index in [-0.39, 0.29) is 6.42 Å². The first kappa shape index (κ1) is 12.5. The molecule has 2 N–H and O–H groups in total. The highest BCUT2D eigenvalue weighted by molar-refractivity contribution is 5.68. The summed E-state index contributed by atoms with van der Waals surface area (Å²) in [6.07, 6.45) is 3.08. The maximum Gasteiger partial charge on any atom is 0.306 e. The Morgan fingerprint density at radius 1 is 1.40 bits per heavy atom. The first-order chi connectivity index (χ1) is 7.06. The molecule has 88 valence electrons. The Hall–Kier alpha value is -0.610. The van der Waals surface area contributed by atoms with Crippen molar-refractivity contribution >= 4 is 5.97 Å². The van der Waals surface area contributed by atoms with Gasteiger partial charge in [-0.15, -0.1) is 0 Å². The van der Waals surface area contributed by atoms with Gasteiger partial charge in [0.05, 0.1) is 12.0 Å². The highest BCUT2D eigenvalue weighted by Gasteiger charge is 2.32. The van der Waals surface area contributed by atoms with Crippen LogP contribution in [0.1, 0.15) is 39.0 Å². The van der Waals surface area contributed by atoms with Gasteiger partial charge in [-0.3, -0.25) is 4.79 Å². The summed E-state index contributed by atoms with van der Waals surface area (Å²) in [5, 5.41) is 18.8. The Kier molecular flexibility index (Phi) is 4.54. The summed E-state index contributed by atoms with van der Waals surface area (Å²) in [6, 6.07) is 0. The predicted octanol–water partition coefficient (Wildman–Crippen LogP) is 1.09. The molecule has 1 atom stereocenters. The summed E-state index contributed by atoms with van der Waals surface area (Å²) in [5.74, 6) is -0.901. The van der Waals surface area contributed by atoms with Crippen LogP contribution in [-0.4, -0.2) is 46.3 Å². The molecule has 4 heteroatoms. The van der Waals surface area contributed by atoms with Crippen LogP contribution in [0, 0.1) is 0 Å². The molecule has 0 aromatic carbocycles. The Morgan fingerprint density at radius 2 is 2.13 bits per heavy atom. The molecular weight excluding hydrogens is 194 g/mol. The van der Waals surface area contributed by atoms with E-state index in [9.17, 15) is 9.90 Å². The zero-order chi connectivity index (χ0) is 11.3. The lowest BCUT2D eigenvalue weighted by Crippen LogP contribution is -2.33. The fourth-order valence-electron chi connectivity index (χ4n) is 2.23. The molecule has 0 spiro atoms. The van der Waals surface area contributed by atoms with Gasteiger partial charge in [0.1, 0.15) is 0 Å². The highest BCUT2D eigenvalue weighted by Crippen LogP contribution is 2.25. The van der Waals surface area contributed by atoms with Gasteiger partial charge in [-0.1, -0.05) is 6.92 Å². The number of likely N-dealkylation sites (tertiary alicyclic amines) is 1. The zero-order valence-electron chi connectivity index (χ0n) is 9.41. The second kappa shape index (κ2) is 5.47. The number of hydrogen-bond acceptors (Lipinski definition) is 3. The summed E-state index contributed by atoms with van der Waals surface area (Å²) >= 11 is 0. The molecule has 0 aromatic heterocycles. The molecule has 1 heterocycles. The van der Waals surface area contributed by atoms with Gasteiger partial charge in [0.2, 0.25) is 0 Å². The second-order valence-corrected chi connectivity index (χ2v) is 4.49. The Labute approximate surface area is 90.9 Å². The molecule has 1 rings (SSSR count). The first-order valence-electron chi connectivity index (χ1n) is 5.72. The maximum atomic E-state index is 10.6. The Bertz CT molecular complexity index is 220. The molecule has 15 heavy (non-hydrogen) atoms. The largest absolute Gasteiger partial charge is 0.481 e. The van der Waals surface area contributed by atoms with E-state index in [4.69, 9.17) is 5.11 Å². The molecular formula is C11H21NO3. The average Bonchev–Trinajstić information content (AvgIpc) is 2.28. The SMILES string of the molecule is CCCN1CCCC(O)(CC(=O)O)CC1. The van der Waals surface area contributed by atoms with Crippen LogP contribution in [0.2, 0.25) is 0 Å². The van der Waals surface area contributed by atoms with Crippen LogP contribution in [0.15, 0.2) is 0 Å². The molecule has 1 aliphatic rings. The van der Waals surface area contributed by atoms with Crippen molar-refractivity contribution in [3.63, 3.8) is 0 Å². The predicted molar refractivity (Wildman–Crippen MR) is 57.8 cm³/mol. The van der Waals surface area contributed by atoms with Gasteiger partial charge in [0.15, 0.2) is 0 Å². The van der Waals surface area contributed by atoms with Crippen LogP contribution in [0.25, 0.3) is 0 Å². The van der Waals surface area contributed by atoms with Crippen molar-refractivity contribution in [2.24, 2.45) is 0 Å². The number of carboxylic acid groups (broad SMARTS) is 1. The van der Waals surface area contributed by atoms with E-state index >= 15 is 0 Å². The van der Waals surface area contributed by atoms with Gasteiger partial charge >= 0.3 is 5.97 Å². The molecule has 0 radical (unpaired) electrons. The fourth-order valence-corrected chi connectivity index (χ4v) is 2.23. The smallest absolute Gasteiger partial charge is 0.306 e. The molecule has 0 amide bonds. The molecule has 0 bridgehead atoms. The van der Waals surface area contributed by atoms with Crippen molar-refractivity contribution in [2.75, 3.05) is 19.6 Å². The van der Waals surface area contributed by atoms with Gasteiger partial charge in [-0.05, 0) is 38.8 Å². The summed E-state index contributed by atoms with van der Waals surface area (Å²) in [7, 11) is 0.